The Kier molecular flexibility index (Phi) is 31.6. The molecule has 0 heterocycles. The quantitative estimate of drug-likeness (QED) is 0.100. The molecule has 0 radical (unpaired) electrons. The molecular formula is C20H44O6P2S2Zn. The van der Waals surface area contributed by atoms with Crippen LogP contribution in [0.4, 0.5) is 0 Å². The van der Waals surface area contributed by atoms with Gasteiger partial charge in [0.15, 0.2) is 0 Å². The van der Waals surface area contributed by atoms with E-state index in [2.05, 4.69) is 27.7 Å². The number of rotatable bonds is 20. The molecule has 0 amide bonds. The molecule has 0 N–H and O–H groups in total. The van der Waals surface area contributed by atoms with Crippen molar-refractivity contribution >= 4 is 37.1 Å². The van der Waals surface area contributed by atoms with Gasteiger partial charge in [-0.15, -0.1) is 0 Å². The van der Waals surface area contributed by atoms with Gasteiger partial charge in [0.1, 0.15) is 13.4 Å². The Morgan fingerprint density at radius 1 is 0.484 bits per heavy atom. The van der Waals surface area contributed by atoms with Crippen molar-refractivity contribution in [2.45, 2.75) is 105 Å². The molecule has 184 valence electrons. The molecule has 6 nitrogen and oxygen atoms in total. The van der Waals surface area contributed by atoms with Crippen LogP contribution >= 0.6 is 13.4 Å². The van der Waals surface area contributed by atoms with Crippen LogP contribution < -0.4 is 9.79 Å². The van der Waals surface area contributed by atoms with Gasteiger partial charge in [-0.2, -0.15) is 0 Å². The van der Waals surface area contributed by atoms with Gasteiger partial charge in [-0.1, -0.05) is 103 Å². The molecule has 0 spiro atoms. The first-order valence-electron chi connectivity index (χ1n) is 11.4. The van der Waals surface area contributed by atoms with Crippen LogP contribution in [0.5, 0.6) is 0 Å². The van der Waals surface area contributed by atoms with E-state index in [0.29, 0.717) is 26.4 Å². The molecule has 0 atom stereocenters. The molecule has 0 aromatic rings. The minimum atomic E-state index is -3.19. The third kappa shape index (κ3) is 31.7. The Balaban J connectivity index is -0.000000490. The topological polar surface area (TPSA) is 83.0 Å². The second-order valence-electron chi connectivity index (χ2n) is 7.06. The minimum Gasteiger partial charge on any atom is -0.780 e. The van der Waals surface area contributed by atoms with Crippen LogP contribution in [0, 0.1) is 0 Å². The molecule has 0 aromatic carbocycles. The summed E-state index contributed by atoms with van der Waals surface area (Å²) in [5, 5.41) is 0. The summed E-state index contributed by atoms with van der Waals surface area (Å²) in [6, 6.07) is 0. The molecule has 0 aliphatic rings. The summed E-state index contributed by atoms with van der Waals surface area (Å²) >= 11 is 9.51. The largest absolute Gasteiger partial charge is 2.00 e. The van der Waals surface area contributed by atoms with Gasteiger partial charge < -0.3 is 27.9 Å². The van der Waals surface area contributed by atoms with E-state index in [1.165, 1.54) is 0 Å². The summed E-state index contributed by atoms with van der Waals surface area (Å²) in [7, 11) is 0. The monoisotopic (exact) mass is 570 g/mol. The molecule has 0 aliphatic heterocycles. The van der Waals surface area contributed by atoms with E-state index in [0.717, 1.165) is 77.0 Å². The average Bonchev–Trinajstić information content (AvgIpc) is 2.70. The SMILES string of the molecule is CCCCCOP([O-])(=S)OCCCCC.CCCCCOP([O-])(=S)OCCCCC.[Zn+2]. The van der Waals surface area contributed by atoms with Gasteiger partial charge in [-0.3, -0.25) is 0 Å². The summed E-state index contributed by atoms with van der Waals surface area (Å²) in [5.41, 5.74) is 0. The van der Waals surface area contributed by atoms with Gasteiger partial charge in [0.05, 0.1) is 26.4 Å². The van der Waals surface area contributed by atoms with Crippen molar-refractivity contribution in [3.8, 4) is 0 Å². The summed E-state index contributed by atoms with van der Waals surface area (Å²) in [4.78, 5) is 23.0. The number of unbranched alkanes of at least 4 members (excludes halogenated alkanes) is 8. The minimum absolute atomic E-state index is 0. The van der Waals surface area contributed by atoms with Crippen LogP contribution in [0.1, 0.15) is 105 Å². The smallest absolute Gasteiger partial charge is 0.780 e. The van der Waals surface area contributed by atoms with Crippen molar-refractivity contribution in [2.75, 3.05) is 26.4 Å². The molecule has 0 aliphatic carbocycles. The molecule has 0 fully saturated rings. The van der Waals surface area contributed by atoms with Gasteiger partial charge >= 0.3 is 19.5 Å². The molecule has 0 unspecified atom stereocenters. The molecule has 11 heteroatoms. The van der Waals surface area contributed by atoms with Crippen molar-refractivity contribution in [2.24, 2.45) is 0 Å². The van der Waals surface area contributed by atoms with Gasteiger partial charge in [0.2, 0.25) is 0 Å². The maximum absolute atomic E-state index is 11.5. The van der Waals surface area contributed by atoms with E-state index in [1.54, 1.807) is 0 Å². The first-order valence-corrected chi connectivity index (χ1v) is 16.6. The van der Waals surface area contributed by atoms with Crippen LogP contribution in [0.3, 0.4) is 0 Å². The van der Waals surface area contributed by atoms with Gasteiger partial charge in [0, 0.05) is 0 Å². The zero-order chi connectivity index (χ0) is 23.1. The first-order chi connectivity index (χ1) is 14.2. The summed E-state index contributed by atoms with van der Waals surface area (Å²) in [6.45, 7) is 3.83. The zero-order valence-corrected chi connectivity index (χ0v) is 26.6. The maximum atomic E-state index is 11.5. The fraction of sp³-hybridized carbons (Fsp3) is 1.00. The first kappa shape index (κ1) is 37.2. The predicted molar refractivity (Wildman–Crippen MR) is 130 cm³/mol. The third-order valence-corrected chi connectivity index (χ3v) is 7.25. The van der Waals surface area contributed by atoms with E-state index < -0.39 is 13.4 Å². The van der Waals surface area contributed by atoms with Crippen LogP contribution in [-0.2, 0) is 61.2 Å². The maximum Gasteiger partial charge on any atom is 2.00 e. The van der Waals surface area contributed by atoms with E-state index in [1.807, 2.05) is 0 Å². The molecule has 0 rings (SSSR count). The van der Waals surface area contributed by atoms with Gasteiger partial charge in [-0.25, -0.2) is 0 Å². The van der Waals surface area contributed by atoms with Gasteiger partial charge in [0.25, 0.3) is 0 Å². The fourth-order valence-corrected chi connectivity index (χ4v) is 4.64. The zero-order valence-electron chi connectivity index (χ0n) is 20.2. The van der Waals surface area contributed by atoms with Crippen LogP contribution in [0.25, 0.3) is 0 Å². The van der Waals surface area contributed by atoms with E-state index in [-0.39, 0.29) is 19.5 Å². The van der Waals surface area contributed by atoms with Crippen molar-refractivity contribution < 1.29 is 47.4 Å². The Morgan fingerprint density at radius 3 is 0.839 bits per heavy atom. The Morgan fingerprint density at radius 2 is 0.677 bits per heavy atom. The van der Waals surface area contributed by atoms with Crippen molar-refractivity contribution in [3.05, 3.63) is 0 Å². The van der Waals surface area contributed by atoms with Crippen molar-refractivity contribution in [1.82, 2.24) is 0 Å². The Labute approximate surface area is 214 Å². The molecule has 0 saturated heterocycles. The van der Waals surface area contributed by atoms with Crippen LogP contribution in [0.2, 0.25) is 0 Å². The number of hydrogen-bond acceptors (Lipinski definition) is 8. The molecule has 0 aromatic heterocycles. The third-order valence-electron chi connectivity index (χ3n) is 3.99. The van der Waals surface area contributed by atoms with E-state index in [4.69, 9.17) is 41.7 Å². The standard InChI is InChI=1S/2C10H23O3PS.Zn/c2*1-3-5-7-9-12-14(11,15)13-10-8-6-4-2;/h2*3-10H2,1-2H3,(H,11,15);/q;;+2/p-2. The fourth-order valence-electron chi connectivity index (χ4n) is 2.19. The molecule has 31 heavy (non-hydrogen) atoms. The van der Waals surface area contributed by atoms with Crippen LogP contribution in [-0.4, -0.2) is 26.4 Å². The van der Waals surface area contributed by atoms with Gasteiger partial charge in [-0.05, 0) is 25.7 Å². The summed E-state index contributed by atoms with van der Waals surface area (Å²) < 4.78 is 20.2. The van der Waals surface area contributed by atoms with E-state index >= 15 is 0 Å². The summed E-state index contributed by atoms with van der Waals surface area (Å²) in [6.07, 6.45) is 12.3. The Hall–Kier alpha value is 1.68. The van der Waals surface area contributed by atoms with Crippen LogP contribution in [0.15, 0.2) is 0 Å². The second kappa shape index (κ2) is 26.3. The molecular weight excluding hydrogens is 528 g/mol. The normalized spacial score (nSPS) is 11.5. The Bertz CT molecular complexity index is 389. The average molecular weight is 572 g/mol. The second-order valence-corrected chi connectivity index (χ2v) is 12.6. The van der Waals surface area contributed by atoms with Crippen molar-refractivity contribution in [1.29, 1.82) is 0 Å². The molecule has 0 saturated carbocycles. The number of hydrogen-bond donors (Lipinski definition) is 0. The predicted octanol–water partition coefficient (Wildman–Crippen LogP) is 5.97. The van der Waals surface area contributed by atoms with E-state index in [9.17, 15) is 9.79 Å². The van der Waals surface area contributed by atoms with Crippen molar-refractivity contribution in [3.63, 3.8) is 0 Å². The molecule has 0 bridgehead atoms. The summed E-state index contributed by atoms with van der Waals surface area (Å²) in [5.74, 6) is 0.